The molecular weight excluding hydrogens is 262 g/mol. The molecule has 96 valence electrons. The van der Waals surface area contributed by atoms with Gasteiger partial charge in [-0.15, -0.1) is 11.3 Å². The maximum absolute atomic E-state index is 4.88. The third-order valence-corrected chi connectivity index (χ3v) is 4.55. The van der Waals surface area contributed by atoms with Crippen molar-refractivity contribution in [1.82, 2.24) is 0 Å². The normalized spacial score (nSPS) is 13.1. The minimum Gasteiger partial charge on any atom is -0.278 e. The maximum Gasteiger partial charge on any atom is 0.0746 e. The molecule has 1 aromatic heterocycles. The Balaban J connectivity index is 1.98. The van der Waals surface area contributed by atoms with Crippen LogP contribution in [0.4, 0.5) is 0 Å². The highest BCUT2D eigenvalue weighted by Gasteiger charge is 2.18. The average Bonchev–Trinajstić information content (AvgIpc) is 2.92. The number of benzene rings is 2. The summed E-state index contributed by atoms with van der Waals surface area (Å²) >= 11 is 1.79. The van der Waals surface area contributed by atoms with Crippen LogP contribution < -0.4 is 0 Å². The van der Waals surface area contributed by atoms with E-state index in [1.54, 1.807) is 11.3 Å². The quantitative estimate of drug-likeness (QED) is 0.607. The summed E-state index contributed by atoms with van der Waals surface area (Å²) in [4.78, 5) is 6.23. The molecule has 20 heavy (non-hydrogen) atoms. The molecule has 2 aromatic carbocycles. The summed E-state index contributed by atoms with van der Waals surface area (Å²) in [5, 5.41) is 2.16. The molecule has 0 spiro atoms. The zero-order chi connectivity index (χ0) is 13.4. The number of rotatable bonds is 1. The second-order valence-electron chi connectivity index (χ2n) is 4.83. The number of aliphatic imine (C=N–C) groups is 1. The van der Waals surface area contributed by atoms with Crippen LogP contribution in [0.2, 0.25) is 0 Å². The molecule has 3 aromatic rings. The zero-order valence-corrected chi connectivity index (χ0v) is 11.7. The number of nitrogens with zero attached hydrogens (tertiary/aromatic N) is 1. The first-order valence-corrected chi connectivity index (χ1v) is 7.57. The second kappa shape index (κ2) is 4.73. The van der Waals surface area contributed by atoms with Gasteiger partial charge >= 0.3 is 0 Å². The first kappa shape index (κ1) is 11.6. The van der Waals surface area contributed by atoms with Crippen molar-refractivity contribution in [2.24, 2.45) is 4.99 Å². The lowest BCUT2D eigenvalue weighted by Gasteiger charge is -2.09. The van der Waals surface area contributed by atoms with E-state index in [1.165, 1.54) is 27.1 Å². The van der Waals surface area contributed by atoms with Crippen molar-refractivity contribution in [3.05, 3.63) is 82.0 Å². The molecule has 2 heterocycles. The Hall–Kier alpha value is -2.19. The highest BCUT2D eigenvalue weighted by atomic mass is 32.1. The van der Waals surface area contributed by atoms with Crippen LogP contribution in [0, 0.1) is 0 Å². The lowest BCUT2D eigenvalue weighted by Crippen LogP contribution is -2.04. The molecule has 0 saturated heterocycles. The van der Waals surface area contributed by atoms with Gasteiger partial charge in [0.05, 0.1) is 12.3 Å². The Labute approximate surface area is 122 Å². The minimum atomic E-state index is 0.770. The lowest BCUT2D eigenvalue weighted by molar-refractivity contribution is 1.11. The van der Waals surface area contributed by atoms with E-state index in [0.717, 1.165) is 12.3 Å². The van der Waals surface area contributed by atoms with Crippen LogP contribution in [0.15, 0.2) is 71.0 Å². The first-order valence-electron chi connectivity index (χ1n) is 6.69. The number of fused-ring (bicyclic) bond motifs is 3. The Bertz CT molecular complexity index is 784. The van der Waals surface area contributed by atoms with Crippen molar-refractivity contribution < 1.29 is 0 Å². The fourth-order valence-electron chi connectivity index (χ4n) is 2.71. The molecular formula is C18H13NS. The van der Waals surface area contributed by atoms with Crippen molar-refractivity contribution >= 4 is 17.0 Å². The third-order valence-electron chi connectivity index (χ3n) is 3.65. The molecule has 2 heteroatoms. The van der Waals surface area contributed by atoms with Crippen LogP contribution >= 0.6 is 11.3 Å². The molecule has 1 aliphatic heterocycles. The summed E-state index contributed by atoms with van der Waals surface area (Å²) in [7, 11) is 0. The van der Waals surface area contributed by atoms with Crippen molar-refractivity contribution in [2.45, 2.75) is 6.54 Å². The van der Waals surface area contributed by atoms with Gasteiger partial charge in [0.2, 0.25) is 0 Å². The average molecular weight is 275 g/mol. The number of hydrogen-bond donors (Lipinski definition) is 0. The molecule has 0 saturated carbocycles. The largest absolute Gasteiger partial charge is 0.278 e. The van der Waals surface area contributed by atoms with E-state index in [2.05, 4.69) is 60.0 Å². The summed E-state index contributed by atoms with van der Waals surface area (Å²) in [6, 6.07) is 21.2. The summed E-state index contributed by atoms with van der Waals surface area (Å²) < 4.78 is 0. The van der Waals surface area contributed by atoms with E-state index in [1.807, 2.05) is 6.07 Å². The summed E-state index contributed by atoms with van der Waals surface area (Å²) in [6.45, 7) is 0.770. The van der Waals surface area contributed by atoms with E-state index in [4.69, 9.17) is 4.99 Å². The fourth-order valence-corrected chi connectivity index (χ4v) is 3.52. The van der Waals surface area contributed by atoms with E-state index in [0.29, 0.717) is 0 Å². The molecule has 0 aliphatic carbocycles. The van der Waals surface area contributed by atoms with Gasteiger partial charge in [-0.05, 0) is 22.6 Å². The molecule has 0 radical (unpaired) electrons. The van der Waals surface area contributed by atoms with Crippen LogP contribution in [0.3, 0.4) is 0 Å². The first-order chi connectivity index (χ1) is 9.93. The highest BCUT2D eigenvalue weighted by molar-refractivity contribution is 7.10. The standard InChI is InChI=1S/C18H13NS/c1-2-6-13(7-3-1)18-16-9-5-4-8-14(16)15-10-11-20-17(15)12-19-18/h1-11H,12H2. The van der Waals surface area contributed by atoms with Gasteiger partial charge in [-0.25, -0.2) is 0 Å². The minimum absolute atomic E-state index is 0.770. The molecule has 0 atom stereocenters. The van der Waals surface area contributed by atoms with E-state index in [9.17, 15) is 0 Å². The molecule has 0 N–H and O–H groups in total. The molecule has 4 rings (SSSR count). The number of hydrogen-bond acceptors (Lipinski definition) is 2. The van der Waals surface area contributed by atoms with Crippen molar-refractivity contribution in [3.63, 3.8) is 0 Å². The van der Waals surface area contributed by atoms with Gasteiger partial charge in [0.1, 0.15) is 0 Å². The predicted octanol–water partition coefficient (Wildman–Crippen LogP) is 4.77. The highest BCUT2D eigenvalue weighted by Crippen LogP contribution is 2.35. The predicted molar refractivity (Wildman–Crippen MR) is 85.5 cm³/mol. The molecule has 1 aliphatic rings. The van der Waals surface area contributed by atoms with Crippen molar-refractivity contribution in [3.8, 4) is 11.1 Å². The molecule has 0 amide bonds. The molecule has 0 bridgehead atoms. The van der Waals surface area contributed by atoms with E-state index >= 15 is 0 Å². The third kappa shape index (κ3) is 1.81. The van der Waals surface area contributed by atoms with Gasteiger partial charge in [-0.3, -0.25) is 4.99 Å². The SMILES string of the molecule is c1ccc(C2=NCc3sccc3-c3ccccc32)cc1. The van der Waals surface area contributed by atoms with Gasteiger partial charge in [-0.2, -0.15) is 0 Å². The van der Waals surface area contributed by atoms with Crippen LogP contribution in [0.25, 0.3) is 11.1 Å². The second-order valence-corrected chi connectivity index (χ2v) is 5.83. The topological polar surface area (TPSA) is 12.4 Å². The van der Waals surface area contributed by atoms with Crippen LogP contribution in [-0.2, 0) is 6.54 Å². The van der Waals surface area contributed by atoms with E-state index in [-0.39, 0.29) is 0 Å². The number of thiophene rings is 1. The van der Waals surface area contributed by atoms with Crippen molar-refractivity contribution in [1.29, 1.82) is 0 Å². The monoisotopic (exact) mass is 275 g/mol. The summed E-state index contributed by atoms with van der Waals surface area (Å²) in [5.41, 5.74) is 6.15. The van der Waals surface area contributed by atoms with Gasteiger partial charge in [0.15, 0.2) is 0 Å². The molecule has 1 nitrogen and oxygen atoms in total. The zero-order valence-electron chi connectivity index (χ0n) is 10.9. The van der Waals surface area contributed by atoms with Gasteiger partial charge in [0.25, 0.3) is 0 Å². The Morgan fingerprint density at radius 3 is 2.35 bits per heavy atom. The maximum atomic E-state index is 4.88. The molecule has 0 unspecified atom stereocenters. The Kier molecular flexibility index (Phi) is 2.75. The van der Waals surface area contributed by atoms with Crippen LogP contribution in [-0.4, -0.2) is 5.71 Å². The lowest BCUT2D eigenvalue weighted by atomic mass is 9.94. The van der Waals surface area contributed by atoms with Crippen molar-refractivity contribution in [2.75, 3.05) is 0 Å². The summed E-state index contributed by atoms with van der Waals surface area (Å²) in [6.07, 6.45) is 0. The van der Waals surface area contributed by atoms with Gasteiger partial charge in [0, 0.05) is 16.0 Å². The van der Waals surface area contributed by atoms with Crippen LogP contribution in [0.5, 0.6) is 0 Å². The smallest absolute Gasteiger partial charge is 0.0746 e. The Morgan fingerprint density at radius 2 is 1.50 bits per heavy atom. The molecule has 0 fully saturated rings. The van der Waals surface area contributed by atoms with Gasteiger partial charge in [-0.1, -0.05) is 54.6 Å². The van der Waals surface area contributed by atoms with Gasteiger partial charge < -0.3 is 0 Å². The summed E-state index contributed by atoms with van der Waals surface area (Å²) in [5.74, 6) is 0. The van der Waals surface area contributed by atoms with E-state index < -0.39 is 0 Å². The fraction of sp³-hybridized carbons (Fsp3) is 0.0556. The van der Waals surface area contributed by atoms with Crippen LogP contribution in [0.1, 0.15) is 16.0 Å². The Morgan fingerprint density at radius 1 is 0.750 bits per heavy atom.